The van der Waals surface area contributed by atoms with E-state index in [-0.39, 0.29) is 48.1 Å². The molecule has 3 aromatic carbocycles. The number of phenols is 1. The van der Waals surface area contributed by atoms with Gasteiger partial charge in [0.2, 0.25) is 23.6 Å². The number of fused-ring (bicyclic) bond motifs is 5. The molecule has 6 atom stereocenters. The predicted octanol–water partition coefficient (Wildman–Crippen LogP) is 7.41. The SMILES string of the molecule is COc1ccc([C@H]2C3=CC[C@@H]4C(=O)N(Cc5ccccc5)C(=O)[C@@H]4[C@@H]3C[C@H]3C(=O)N(c4cc(-c5sc6ccc(Cl)cc6c5C)nn4C)C(=O)[C@@]23C)cc1O. The third-order valence-corrected chi connectivity index (χ3v) is 13.8. The van der Waals surface area contributed by atoms with Crippen molar-refractivity contribution in [2.45, 2.75) is 39.2 Å². The third-order valence-electron chi connectivity index (χ3n) is 12.3. The second-order valence-electron chi connectivity index (χ2n) is 15.0. The van der Waals surface area contributed by atoms with Gasteiger partial charge in [-0.05, 0) is 85.0 Å². The molecular weight excluding hydrogens is 724 g/mol. The summed E-state index contributed by atoms with van der Waals surface area (Å²) in [7, 11) is 3.18. The van der Waals surface area contributed by atoms with Crippen LogP contribution in [0.15, 0.2) is 84.4 Å². The van der Waals surface area contributed by atoms with Crippen LogP contribution in [0.2, 0.25) is 5.02 Å². The van der Waals surface area contributed by atoms with Crippen molar-refractivity contribution in [1.29, 1.82) is 0 Å². The molecule has 1 N–H and O–H groups in total. The van der Waals surface area contributed by atoms with Crippen molar-refractivity contribution in [3.05, 3.63) is 106 Å². The fraction of sp³-hybridized carbons (Fsp3) is 0.310. The lowest BCUT2D eigenvalue weighted by Gasteiger charge is -2.49. The van der Waals surface area contributed by atoms with Gasteiger partial charge in [0.1, 0.15) is 11.5 Å². The molecule has 4 aliphatic rings. The zero-order chi connectivity index (χ0) is 37.8. The van der Waals surface area contributed by atoms with Crippen LogP contribution in [0.25, 0.3) is 20.7 Å². The number of hydrogen-bond donors (Lipinski definition) is 1. The number of carbonyl (C=O) groups excluding carboxylic acids is 4. The number of ether oxygens (including phenoxy) is 1. The summed E-state index contributed by atoms with van der Waals surface area (Å²) < 4.78 is 7.97. The summed E-state index contributed by atoms with van der Waals surface area (Å²) in [5.41, 5.74) is 2.68. The third kappa shape index (κ3) is 4.87. The molecule has 4 amide bonds. The number of aromatic nitrogens is 2. The van der Waals surface area contributed by atoms with Crippen molar-refractivity contribution < 1.29 is 29.0 Å². The minimum atomic E-state index is -1.28. The molecular formula is C42H37ClN4O6S. The summed E-state index contributed by atoms with van der Waals surface area (Å²) in [6.45, 7) is 4.01. The maximum atomic E-state index is 15.1. The number of anilines is 1. The molecule has 0 spiro atoms. The minimum Gasteiger partial charge on any atom is -0.504 e. The number of methoxy groups -OCH3 is 1. The first kappa shape index (κ1) is 34.5. The highest BCUT2D eigenvalue weighted by Gasteiger charge is 2.68. The van der Waals surface area contributed by atoms with Crippen molar-refractivity contribution in [2.75, 3.05) is 12.0 Å². The maximum Gasteiger partial charge on any atom is 0.242 e. The molecule has 2 saturated heterocycles. The van der Waals surface area contributed by atoms with E-state index in [0.29, 0.717) is 28.5 Å². The van der Waals surface area contributed by atoms with E-state index in [2.05, 4.69) is 0 Å². The number of imide groups is 2. The predicted molar refractivity (Wildman–Crippen MR) is 205 cm³/mol. The Balaban J connectivity index is 1.14. The van der Waals surface area contributed by atoms with Crippen LogP contribution in [0.4, 0.5) is 5.82 Å². The molecule has 2 aromatic heterocycles. The van der Waals surface area contributed by atoms with Gasteiger partial charge < -0.3 is 9.84 Å². The van der Waals surface area contributed by atoms with Gasteiger partial charge in [-0.25, -0.2) is 4.90 Å². The zero-order valence-electron chi connectivity index (χ0n) is 30.1. The van der Waals surface area contributed by atoms with E-state index in [1.54, 1.807) is 41.3 Å². The first-order valence-corrected chi connectivity index (χ1v) is 19.2. The normalized spacial score (nSPS) is 26.3. The number of phenolic OH excluding ortho intramolecular Hbond substituents is 1. The molecule has 0 radical (unpaired) electrons. The number of amides is 4. The number of likely N-dealkylation sites (tertiary alicyclic amines) is 1. The molecule has 54 heavy (non-hydrogen) atoms. The largest absolute Gasteiger partial charge is 0.504 e. The Labute approximate surface area is 320 Å². The van der Waals surface area contributed by atoms with Crippen molar-refractivity contribution in [1.82, 2.24) is 14.7 Å². The lowest BCUT2D eigenvalue weighted by molar-refractivity contribution is -0.141. The standard InChI is InChI=1S/C42H37ClN4O6S/c1-21-27-17-24(43)11-15-33(27)54-37(21)30-19-34(45(3)44-30)47-39(50)29-18-28-25(36(42(29,2)41(47)52)23-10-14-32(53-4)31(48)16-23)12-13-26-35(28)40(51)46(38(26)49)20-22-8-6-5-7-9-22/h5-12,14-17,19,26,28-29,35-36,48H,13,18,20H2,1-4H3/t26-,28+,29-,35-,36-,42+/m0/s1. The number of nitrogens with zero attached hydrogens (tertiary/aromatic N) is 4. The Morgan fingerprint density at radius 2 is 1.76 bits per heavy atom. The first-order valence-electron chi connectivity index (χ1n) is 18.0. The van der Waals surface area contributed by atoms with Crippen molar-refractivity contribution >= 4 is 62.5 Å². The van der Waals surface area contributed by atoms with Crippen LogP contribution < -0.4 is 9.64 Å². The van der Waals surface area contributed by atoms with Gasteiger partial charge >= 0.3 is 0 Å². The maximum absolute atomic E-state index is 15.1. The van der Waals surface area contributed by atoms with E-state index in [9.17, 15) is 19.5 Å². The topological polar surface area (TPSA) is 122 Å². The van der Waals surface area contributed by atoms with Crippen LogP contribution in [0, 0.1) is 36.0 Å². The van der Waals surface area contributed by atoms with Gasteiger partial charge in [0, 0.05) is 28.8 Å². The number of aromatic hydroxyl groups is 1. The second kappa shape index (κ2) is 12.4. The lowest BCUT2D eigenvalue weighted by Crippen LogP contribution is -2.48. The van der Waals surface area contributed by atoms with E-state index in [1.165, 1.54) is 16.9 Å². The van der Waals surface area contributed by atoms with E-state index in [1.807, 2.05) is 74.5 Å². The van der Waals surface area contributed by atoms with E-state index in [4.69, 9.17) is 21.4 Å². The van der Waals surface area contributed by atoms with Gasteiger partial charge in [-0.1, -0.05) is 59.6 Å². The number of benzene rings is 3. The zero-order valence-corrected chi connectivity index (χ0v) is 31.6. The van der Waals surface area contributed by atoms with Crippen LogP contribution in [-0.2, 0) is 32.8 Å². The fourth-order valence-electron chi connectivity index (χ4n) is 9.70. The molecule has 0 unspecified atom stereocenters. The molecule has 10 nitrogen and oxygen atoms in total. The second-order valence-corrected chi connectivity index (χ2v) is 16.5. The van der Waals surface area contributed by atoms with Gasteiger partial charge in [0.15, 0.2) is 11.5 Å². The summed E-state index contributed by atoms with van der Waals surface area (Å²) in [4.78, 5) is 61.7. The number of rotatable bonds is 6. The molecule has 0 bridgehead atoms. The van der Waals surface area contributed by atoms with Crippen molar-refractivity contribution in [2.24, 2.45) is 36.1 Å². The minimum absolute atomic E-state index is 0.0994. The average Bonchev–Trinajstić information content (AvgIpc) is 3.82. The quantitative estimate of drug-likeness (QED) is 0.141. The highest BCUT2D eigenvalue weighted by Crippen LogP contribution is 2.64. The number of halogens is 1. The molecule has 2 aliphatic carbocycles. The Morgan fingerprint density at radius 3 is 2.50 bits per heavy atom. The Morgan fingerprint density at radius 1 is 0.981 bits per heavy atom. The van der Waals surface area contributed by atoms with Gasteiger partial charge in [-0.2, -0.15) is 5.10 Å². The van der Waals surface area contributed by atoms with Gasteiger partial charge in [-0.3, -0.25) is 28.8 Å². The van der Waals surface area contributed by atoms with E-state index < -0.39 is 35.0 Å². The van der Waals surface area contributed by atoms with Crippen LogP contribution in [0.5, 0.6) is 11.5 Å². The summed E-state index contributed by atoms with van der Waals surface area (Å²) in [6, 6.07) is 22.0. The molecule has 9 rings (SSSR count). The fourth-order valence-corrected chi connectivity index (χ4v) is 11.0. The number of hydrogen-bond acceptors (Lipinski definition) is 8. The summed E-state index contributed by atoms with van der Waals surface area (Å²) >= 11 is 7.89. The number of aryl methyl sites for hydroxylation is 2. The highest BCUT2D eigenvalue weighted by atomic mass is 35.5. The van der Waals surface area contributed by atoms with E-state index >= 15 is 4.79 Å². The molecule has 2 aliphatic heterocycles. The monoisotopic (exact) mass is 760 g/mol. The van der Waals surface area contributed by atoms with Crippen molar-refractivity contribution in [3.8, 4) is 22.1 Å². The first-order chi connectivity index (χ1) is 25.9. The van der Waals surface area contributed by atoms with Gasteiger partial charge in [-0.15, -0.1) is 11.3 Å². The van der Waals surface area contributed by atoms with Crippen LogP contribution in [0.3, 0.4) is 0 Å². The summed E-state index contributed by atoms with van der Waals surface area (Å²) in [6.07, 6.45) is 2.57. The molecule has 12 heteroatoms. The number of thiophene rings is 1. The Hall–Kier alpha value is -5.26. The Kier molecular flexibility index (Phi) is 7.92. The van der Waals surface area contributed by atoms with E-state index in [0.717, 1.165) is 31.7 Å². The molecule has 4 heterocycles. The molecule has 3 fully saturated rings. The smallest absolute Gasteiger partial charge is 0.242 e. The van der Waals surface area contributed by atoms with Crippen LogP contribution >= 0.6 is 22.9 Å². The number of carbonyl (C=O) groups is 4. The summed E-state index contributed by atoms with van der Waals surface area (Å²) in [5, 5.41) is 17.5. The average molecular weight is 761 g/mol. The Bertz CT molecular complexity index is 2470. The number of allylic oxidation sites excluding steroid dienone is 2. The lowest BCUT2D eigenvalue weighted by atomic mass is 9.51. The van der Waals surface area contributed by atoms with Crippen LogP contribution in [0.1, 0.15) is 42.4 Å². The highest BCUT2D eigenvalue weighted by molar-refractivity contribution is 7.22. The molecule has 1 saturated carbocycles. The molecule has 5 aromatic rings. The molecule has 274 valence electrons. The van der Waals surface area contributed by atoms with Gasteiger partial charge in [0.05, 0.1) is 41.7 Å². The van der Waals surface area contributed by atoms with Crippen molar-refractivity contribution in [3.63, 3.8) is 0 Å². The van der Waals surface area contributed by atoms with Crippen LogP contribution in [-0.4, -0.2) is 50.5 Å². The van der Waals surface area contributed by atoms with Gasteiger partial charge in [0.25, 0.3) is 0 Å². The summed E-state index contributed by atoms with van der Waals surface area (Å²) in [5.74, 6) is -3.91.